The second-order valence-electron chi connectivity index (χ2n) is 12.7. The molecule has 9 aromatic rings. The second-order valence-corrected chi connectivity index (χ2v) is 12.7. The van der Waals surface area contributed by atoms with E-state index in [1.54, 1.807) is 0 Å². The van der Waals surface area contributed by atoms with Crippen LogP contribution in [0.25, 0.3) is 39.0 Å². The Labute approximate surface area is 321 Å². The first-order valence-electron chi connectivity index (χ1n) is 17.1. The van der Waals surface area contributed by atoms with Gasteiger partial charge in [0.15, 0.2) is 11.5 Å². The zero-order valence-corrected chi connectivity index (χ0v) is 30.8. The number of aryl methyl sites for hydroxylation is 1. The van der Waals surface area contributed by atoms with Gasteiger partial charge in [-0.1, -0.05) is 71.9 Å². The molecule has 8 heteroatoms. The predicted molar refractivity (Wildman–Crippen MR) is 208 cm³/mol. The zero-order chi connectivity index (χ0) is 34.6. The van der Waals surface area contributed by atoms with Gasteiger partial charge in [0.05, 0.1) is 22.9 Å². The summed E-state index contributed by atoms with van der Waals surface area (Å²) in [5, 5.41) is 2.22. The Morgan fingerprint density at radius 3 is 2.25 bits per heavy atom. The minimum Gasteiger partial charge on any atom is -0.451 e. The fourth-order valence-corrected chi connectivity index (χ4v) is 7.26. The molecule has 0 aliphatic carbocycles. The van der Waals surface area contributed by atoms with Gasteiger partial charge in [0.25, 0.3) is 0 Å². The minimum absolute atomic E-state index is 0. The Morgan fingerprint density at radius 2 is 1.40 bits per heavy atom. The third-order valence-corrected chi connectivity index (χ3v) is 9.56. The average molecular weight is 866 g/mol. The molecule has 10 rings (SSSR count). The fraction of sp³-hybridized carbons (Fsp3) is 0.0222. The summed E-state index contributed by atoms with van der Waals surface area (Å²) in [6.07, 6.45) is 5.58. The molecule has 0 saturated heterocycles. The third kappa shape index (κ3) is 5.40. The number of hydrogen-bond donors (Lipinski definition) is 0. The molecule has 0 N–H and O–H groups in total. The van der Waals surface area contributed by atoms with Crippen molar-refractivity contribution in [2.75, 3.05) is 9.80 Å². The number of benzene rings is 6. The van der Waals surface area contributed by atoms with Crippen LogP contribution in [-0.2, 0) is 28.1 Å². The molecule has 0 saturated carbocycles. The van der Waals surface area contributed by atoms with Crippen molar-refractivity contribution in [1.82, 2.24) is 19.1 Å². The van der Waals surface area contributed by atoms with E-state index in [4.69, 9.17) is 9.72 Å². The first-order chi connectivity index (χ1) is 25.7. The van der Waals surface area contributed by atoms with E-state index in [-0.39, 0.29) is 21.1 Å². The van der Waals surface area contributed by atoms with Crippen LogP contribution < -0.4 is 14.5 Å². The Bertz CT molecular complexity index is 2760. The topological polar surface area (TPSA) is 51.4 Å². The molecule has 1 aliphatic rings. The molecule has 6 aromatic carbocycles. The average Bonchev–Trinajstić information content (AvgIpc) is 3.78. The summed E-state index contributed by atoms with van der Waals surface area (Å²) < 4.78 is 11.1. The molecule has 0 fully saturated rings. The second kappa shape index (κ2) is 13.3. The Morgan fingerprint density at radius 1 is 0.623 bits per heavy atom. The zero-order valence-electron chi connectivity index (χ0n) is 28.5. The molecule has 0 amide bonds. The molecule has 256 valence electrons. The van der Waals surface area contributed by atoms with Crippen LogP contribution in [0, 0.1) is 12.1 Å². The predicted octanol–water partition coefficient (Wildman–Crippen LogP) is 11.2. The van der Waals surface area contributed by atoms with Crippen LogP contribution in [0.4, 0.5) is 34.1 Å². The number of ether oxygens (including phenoxy) is 1. The van der Waals surface area contributed by atoms with E-state index in [1.165, 1.54) is 0 Å². The molecular formula is C45H30N6OPt. The van der Waals surface area contributed by atoms with Gasteiger partial charge in [0, 0.05) is 36.8 Å². The van der Waals surface area contributed by atoms with E-state index in [0.29, 0.717) is 0 Å². The molecule has 1 aliphatic heterocycles. The fourth-order valence-electron chi connectivity index (χ4n) is 7.26. The van der Waals surface area contributed by atoms with Gasteiger partial charge >= 0.3 is 21.1 Å². The number of rotatable bonds is 6. The molecule has 0 spiro atoms. The van der Waals surface area contributed by atoms with E-state index in [2.05, 4.69) is 122 Å². The van der Waals surface area contributed by atoms with Gasteiger partial charge in [0.1, 0.15) is 5.82 Å². The van der Waals surface area contributed by atoms with Crippen molar-refractivity contribution in [2.45, 2.75) is 0 Å². The van der Waals surface area contributed by atoms with Gasteiger partial charge in [-0.3, -0.25) is 4.98 Å². The summed E-state index contributed by atoms with van der Waals surface area (Å²) in [6, 6.07) is 57.3. The first kappa shape index (κ1) is 32.5. The van der Waals surface area contributed by atoms with Crippen molar-refractivity contribution in [3.8, 4) is 28.7 Å². The SMILES string of the molecule is Cn1ccnc1-c1[c-]c(N(c2[c-]c3c(cc2)c2ccccc2n3-c2ccccn2)c2cccc3c2Oc2ccccc2N3c2ccccc2)ccc1.[Pt+2]. The normalized spacial score (nSPS) is 11.8. The Kier molecular flexibility index (Phi) is 8.13. The molecule has 0 radical (unpaired) electrons. The minimum atomic E-state index is 0. The van der Waals surface area contributed by atoms with Crippen LogP contribution in [-0.4, -0.2) is 19.1 Å². The van der Waals surface area contributed by atoms with Crippen molar-refractivity contribution in [1.29, 1.82) is 0 Å². The van der Waals surface area contributed by atoms with Crippen LogP contribution in [0.1, 0.15) is 0 Å². The quantitative estimate of drug-likeness (QED) is 0.156. The Balaban J connectivity index is 0.00000372. The summed E-state index contributed by atoms with van der Waals surface area (Å²) in [4.78, 5) is 13.9. The van der Waals surface area contributed by atoms with Crippen LogP contribution in [0.5, 0.6) is 11.5 Å². The summed E-state index contributed by atoms with van der Waals surface area (Å²) >= 11 is 0. The maximum Gasteiger partial charge on any atom is 2.00 e. The molecule has 53 heavy (non-hydrogen) atoms. The Hall–Kier alpha value is -6.43. The van der Waals surface area contributed by atoms with Crippen molar-refractivity contribution < 1.29 is 25.8 Å². The van der Waals surface area contributed by atoms with Crippen LogP contribution in [0.15, 0.2) is 164 Å². The summed E-state index contributed by atoms with van der Waals surface area (Å²) in [5.74, 6) is 3.14. The van der Waals surface area contributed by atoms with Gasteiger partial charge in [-0.2, -0.15) is 6.07 Å². The van der Waals surface area contributed by atoms with E-state index < -0.39 is 0 Å². The number of hydrogen-bond acceptors (Lipinski definition) is 5. The van der Waals surface area contributed by atoms with Gasteiger partial charge < -0.3 is 23.7 Å². The number of anilines is 6. The molecule has 0 bridgehead atoms. The maximum absolute atomic E-state index is 6.89. The molecule has 7 nitrogen and oxygen atoms in total. The number of pyridine rings is 1. The van der Waals surface area contributed by atoms with Crippen molar-refractivity contribution in [3.05, 3.63) is 176 Å². The first-order valence-corrected chi connectivity index (χ1v) is 17.1. The van der Waals surface area contributed by atoms with E-state index >= 15 is 0 Å². The molecular weight excluding hydrogens is 836 g/mol. The van der Waals surface area contributed by atoms with Crippen LogP contribution in [0.2, 0.25) is 0 Å². The van der Waals surface area contributed by atoms with E-state index in [1.807, 2.05) is 84.8 Å². The van der Waals surface area contributed by atoms with E-state index in [9.17, 15) is 0 Å². The van der Waals surface area contributed by atoms with Crippen molar-refractivity contribution >= 4 is 55.9 Å². The number of para-hydroxylation sites is 5. The molecule has 4 heterocycles. The molecule has 3 aromatic heterocycles. The van der Waals surface area contributed by atoms with Crippen molar-refractivity contribution in [2.24, 2.45) is 7.05 Å². The van der Waals surface area contributed by atoms with Gasteiger partial charge in [-0.25, -0.2) is 4.98 Å². The van der Waals surface area contributed by atoms with Gasteiger partial charge in [0.2, 0.25) is 0 Å². The number of nitrogens with zero attached hydrogens (tertiary/aromatic N) is 6. The third-order valence-electron chi connectivity index (χ3n) is 9.56. The van der Waals surface area contributed by atoms with Gasteiger partial charge in [-0.15, -0.1) is 47.3 Å². The standard InChI is InChI=1S/C45H30N6O.Pt/c1-48-28-27-47-45(48)31-13-11-16-33(29-31)49(34-24-25-36-35-17-5-6-18-37(35)51(41(36)30-34)43-23-9-10-26-46-43)39-20-12-21-40-44(39)52-42-22-8-7-19-38(42)50(40)32-14-3-2-4-15-32;/h2-28H,1H3;/q-2;+2. The number of aromatic nitrogens is 4. The largest absolute Gasteiger partial charge is 2.00 e. The maximum atomic E-state index is 6.89. The number of fused-ring (bicyclic) bond motifs is 5. The van der Waals surface area contributed by atoms with E-state index in [0.717, 1.165) is 84.6 Å². The monoisotopic (exact) mass is 865 g/mol. The summed E-state index contributed by atoms with van der Waals surface area (Å²) in [6.45, 7) is 0. The molecule has 0 atom stereocenters. The van der Waals surface area contributed by atoms with Gasteiger partial charge in [-0.05, 0) is 65.7 Å². The van der Waals surface area contributed by atoms with Crippen LogP contribution >= 0.6 is 0 Å². The van der Waals surface area contributed by atoms with Crippen molar-refractivity contribution in [3.63, 3.8) is 0 Å². The van der Waals surface area contributed by atoms with Crippen LogP contribution in [0.3, 0.4) is 0 Å². The number of imidazole rings is 1. The smallest absolute Gasteiger partial charge is 0.451 e. The summed E-state index contributed by atoms with van der Waals surface area (Å²) in [7, 11) is 2.00. The molecule has 0 unspecified atom stereocenters. The summed E-state index contributed by atoms with van der Waals surface area (Å²) in [5.41, 5.74) is 8.29.